The first kappa shape index (κ1) is 9.63. The van der Waals surface area contributed by atoms with Crippen LogP contribution in [0.5, 0.6) is 0 Å². The summed E-state index contributed by atoms with van der Waals surface area (Å²) in [5.74, 6) is 0.278. The van der Waals surface area contributed by atoms with Crippen molar-refractivity contribution in [1.82, 2.24) is 0 Å². The molecule has 1 fully saturated rings. The second kappa shape index (κ2) is 4.07. The van der Waals surface area contributed by atoms with Gasteiger partial charge in [0.05, 0.1) is 5.92 Å². The van der Waals surface area contributed by atoms with E-state index in [1.807, 2.05) is 0 Å². The van der Waals surface area contributed by atoms with E-state index in [2.05, 4.69) is 12.2 Å². The fourth-order valence-corrected chi connectivity index (χ4v) is 2.52. The molecule has 0 aromatic carbocycles. The Hall–Kier alpha value is -0.920. The number of hydrogen-bond donors (Lipinski definition) is 0. The van der Waals surface area contributed by atoms with Crippen LogP contribution in [0.15, 0.2) is 12.2 Å². The molecule has 2 heteroatoms. The summed E-state index contributed by atoms with van der Waals surface area (Å²) >= 11 is 0. The molecule has 2 aliphatic rings. The van der Waals surface area contributed by atoms with Crippen LogP contribution in [0.1, 0.15) is 38.5 Å². The number of carbonyl (C=O) groups excluding carboxylic acids is 2. The van der Waals surface area contributed by atoms with Crippen LogP contribution in [0.25, 0.3) is 0 Å². The van der Waals surface area contributed by atoms with Crippen molar-refractivity contribution in [1.29, 1.82) is 0 Å². The molecule has 1 saturated carbocycles. The molecule has 2 aliphatic carbocycles. The Kier molecular flexibility index (Phi) is 2.80. The summed E-state index contributed by atoms with van der Waals surface area (Å²) in [5, 5.41) is 0. The maximum Gasteiger partial charge on any atom is 0.143 e. The predicted octanol–water partition coefficient (Wildman–Crippen LogP) is 2.28. The highest BCUT2D eigenvalue weighted by Crippen LogP contribution is 2.31. The van der Waals surface area contributed by atoms with Gasteiger partial charge >= 0.3 is 0 Å². The molecule has 0 aromatic rings. The molecule has 0 aromatic heterocycles. The Morgan fingerprint density at radius 2 is 1.79 bits per heavy atom. The quantitative estimate of drug-likeness (QED) is 0.472. The Bertz CT molecular complexity index is 262. The van der Waals surface area contributed by atoms with Gasteiger partial charge in [-0.1, -0.05) is 12.2 Å². The van der Waals surface area contributed by atoms with Crippen LogP contribution in [0.3, 0.4) is 0 Å². The Morgan fingerprint density at radius 1 is 1.07 bits per heavy atom. The lowest BCUT2D eigenvalue weighted by Crippen LogP contribution is -2.34. The molecule has 0 N–H and O–H groups in total. The highest BCUT2D eigenvalue weighted by molar-refractivity contribution is 6.04. The maximum atomic E-state index is 11.6. The molecule has 76 valence electrons. The molecule has 0 heterocycles. The van der Waals surface area contributed by atoms with Crippen molar-refractivity contribution in [2.24, 2.45) is 11.8 Å². The Morgan fingerprint density at radius 3 is 2.36 bits per heavy atom. The van der Waals surface area contributed by atoms with Gasteiger partial charge in [-0.2, -0.15) is 0 Å². The van der Waals surface area contributed by atoms with Crippen molar-refractivity contribution in [3.8, 4) is 0 Å². The molecule has 1 atom stereocenters. The average Bonchev–Trinajstić information content (AvgIpc) is 2.19. The van der Waals surface area contributed by atoms with Crippen LogP contribution in [0, 0.1) is 11.8 Å². The molecule has 0 aliphatic heterocycles. The predicted molar refractivity (Wildman–Crippen MR) is 53.8 cm³/mol. The minimum atomic E-state index is -0.291. The van der Waals surface area contributed by atoms with Gasteiger partial charge in [0.1, 0.15) is 11.6 Å². The van der Waals surface area contributed by atoms with Gasteiger partial charge in [-0.3, -0.25) is 9.59 Å². The number of carbonyl (C=O) groups is 2. The van der Waals surface area contributed by atoms with E-state index >= 15 is 0 Å². The lowest BCUT2D eigenvalue weighted by atomic mass is 9.74. The van der Waals surface area contributed by atoms with Crippen LogP contribution < -0.4 is 0 Å². The number of rotatable bonds is 1. The molecule has 2 rings (SSSR count). The van der Waals surface area contributed by atoms with E-state index in [1.54, 1.807) is 0 Å². The van der Waals surface area contributed by atoms with E-state index in [9.17, 15) is 9.59 Å². The first-order valence-electron chi connectivity index (χ1n) is 5.51. The van der Waals surface area contributed by atoms with Gasteiger partial charge in [-0.05, 0) is 31.6 Å². The van der Waals surface area contributed by atoms with Crippen LogP contribution in [0.2, 0.25) is 0 Å². The third-order valence-electron chi connectivity index (χ3n) is 3.26. The van der Waals surface area contributed by atoms with E-state index in [0.717, 1.165) is 25.7 Å². The van der Waals surface area contributed by atoms with Crippen molar-refractivity contribution in [2.45, 2.75) is 38.5 Å². The molecule has 0 bridgehead atoms. The summed E-state index contributed by atoms with van der Waals surface area (Å²) in [7, 11) is 0. The highest BCUT2D eigenvalue weighted by Gasteiger charge is 2.35. The minimum absolute atomic E-state index is 0.179. The Labute approximate surface area is 84.4 Å². The van der Waals surface area contributed by atoms with Gasteiger partial charge in [-0.15, -0.1) is 0 Å². The molecule has 14 heavy (non-hydrogen) atoms. The number of allylic oxidation sites excluding steroid dienone is 2. The summed E-state index contributed by atoms with van der Waals surface area (Å²) < 4.78 is 0. The maximum absolute atomic E-state index is 11.6. The largest absolute Gasteiger partial charge is 0.299 e. The van der Waals surface area contributed by atoms with Crippen LogP contribution >= 0.6 is 0 Å². The fraction of sp³-hybridized carbons (Fsp3) is 0.667. The zero-order valence-corrected chi connectivity index (χ0v) is 8.37. The van der Waals surface area contributed by atoms with Gasteiger partial charge in [-0.25, -0.2) is 0 Å². The van der Waals surface area contributed by atoms with Crippen molar-refractivity contribution in [3.05, 3.63) is 12.2 Å². The van der Waals surface area contributed by atoms with Crippen molar-refractivity contribution >= 4 is 11.6 Å². The van der Waals surface area contributed by atoms with Crippen molar-refractivity contribution in [2.75, 3.05) is 0 Å². The minimum Gasteiger partial charge on any atom is -0.299 e. The van der Waals surface area contributed by atoms with Crippen molar-refractivity contribution in [3.63, 3.8) is 0 Å². The molecule has 0 saturated heterocycles. The summed E-state index contributed by atoms with van der Waals surface area (Å²) in [4.78, 5) is 23.3. The fourth-order valence-electron chi connectivity index (χ4n) is 2.52. The smallest absolute Gasteiger partial charge is 0.143 e. The summed E-state index contributed by atoms with van der Waals surface area (Å²) in [6, 6.07) is 0. The molecule has 0 radical (unpaired) electrons. The normalized spacial score (nSPS) is 29.6. The molecular weight excluding hydrogens is 176 g/mol. The topological polar surface area (TPSA) is 34.1 Å². The van der Waals surface area contributed by atoms with Gasteiger partial charge in [0.2, 0.25) is 0 Å². The second-order valence-electron chi connectivity index (χ2n) is 4.29. The van der Waals surface area contributed by atoms with Crippen molar-refractivity contribution < 1.29 is 9.59 Å². The highest BCUT2D eigenvalue weighted by atomic mass is 16.2. The lowest BCUT2D eigenvalue weighted by molar-refractivity contribution is -0.137. The summed E-state index contributed by atoms with van der Waals surface area (Å²) in [6.45, 7) is 0. The molecule has 0 spiro atoms. The van der Waals surface area contributed by atoms with Crippen LogP contribution in [0.4, 0.5) is 0 Å². The van der Waals surface area contributed by atoms with E-state index in [0.29, 0.717) is 12.8 Å². The zero-order chi connectivity index (χ0) is 9.97. The number of hydrogen-bond acceptors (Lipinski definition) is 2. The van der Waals surface area contributed by atoms with E-state index in [-0.39, 0.29) is 23.4 Å². The van der Waals surface area contributed by atoms with E-state index in [1.165, 1.54) is 0 Å². The van der Waals surface area contributed by atoms with Gasteiger partial charge < -0.3 is 0 Å². The van der Waals surface area contributed by atoms with E-state index in [4.69, 9.17) is 0 Å². The molecule has 0 unspecified atom stereocenters. The summed E-state index contributed by atoms with van der Waals surface area (Å²) in [5.41, 5.74) is 0. The van der Waals surface area contributed by atoms with Gasteiger partial charge in [0.15, 0.2) is 0 Å². The van der Waals surface area contributed by atoms with Gasteiger partial charge in [0, 0.05) is 12.8 Å². The third kappa shape index (κ3) is 1.79. The van der Waals surface area contributed by atoms with E-state index < -0.39 is 0 Å². The van der Waals surface area contributed by atoms with Crippen LogP contribution in [-0.2, 0) is 9.59 Å². The molecule has 2 nitrogen and oxygen atoms in total. The monoisotopic (exact) mass is 192 g/mol. The standard InChI is InChI=1S/C12H16O2/c13-10-7-4-8-11(14)12(10)9-5-2-1-3-6-9/h2,5,9,12H,1,3-4,6-8H2/t9-/m0/s1. The lowest BCUT2D eigenvalue weighted by Gasteiger charge is -2.27. The number of Topliss-reactive ketones (excluding diaryl/α,β-unsaturated/α-hetero) is 2. The number of ketones is 2. The third-order valence-corrected chi connectivity index (χ3v) is 3.26. The average molecular weight is 192 g/mol. The molecular formula is C12H16O2. The van der Waals surface area contributed by atoms with Crippen LogP contribution in [-0.4, -0.2) is 11.6 Å². The van der Waals surface area contributed by atoms with Gasteiger partial charge in [0.25, 0.3) is 0 Å². The first-order valence-corrected chi connectivity index (χ1v) is 5.51. The summed E-state index contributed by atoms with van der Waals surface area (Å²) in [6.07, 6.45) is 9.42. The Balaban J connectivity index is 2.13. The first-order chi connectivity index (χ1) is 6.79. The second-order valence-corrected chi connectivity index (χ2v) is 4.29. The zero-order valence-electron chi connectivity index (χ0n) is 8.37. The SMILES string of the molecule is O=C1CCCC(=O)C1[C@H]1C=CCCC1. The molecule has 0 amide bonds.